The molecule has 0 atom stereocenters. The van der Waals surface area contributed by atoms with Gasteiger partial charge in [0.25, 0.3) is 0 Å². The molecule has 1 aromatic rings. The summed E-state index contributed by atoms with van der Waals surface area (Å²) in [6.45, 7) is 8.82. The van der Waals surface area contributed by atoms with E-state index in [0.29, 0.717) is 11.4 Å². The predicted molar refractivity (Wildman–Crippen MR) is 75.1 cm³/mol. The summed E-state index contributed by atoms with van der Waals surface area (Å²) < 4.78 is 26.0. The van der Waals surface area contributed by atoms with E-state index in [0.717, 1.165) is 12.0 Å². The first-order chi connectivity index (χ1) is 8.13. The van der Waals surface area contributed by atoms with Crippen molar-refractivity contribution >= 4 is 10.0 Å². The molecule has 0 fully saturated rings. The Kier molecular flexibility index (Phi) is 4.56. The van der Waals surface area contributed by atoms with Crippen molar-refractivity contribution in [3.05, 3.63) is 29.8 Å². The van der Waals surface area contributed by atoms with Gasteiger partial charge < -0.3 is 0 Å². The van der Waals surface area contributed by atoms with Gasteiger partial charge in [-0.25, -0.2) is 12.7 Å². The maximum Gasteiger partial charge on any atom is 0.242 e. The smallest absolute Gasteiger partial charge is 0.207 e. The van der Waals surface area contributed by atoms with E-state index >= 15 is 0 Å². The average Bonchev–Trinajstić information content (AvgIpc) is 2.25. The minimum absolute atomic E-state index is 0.136. The second-order valence-corrected chi connectivity index (χ2v) is 8.00. The molecule has 1 aromatic carbocycles. The summed E-state index contributed by atoms with van der Waals surface area (Å²) in [4.78, 5) is 0.365. The third kappa shape index (κ3) is 4.10. The molecule has 0 saturated heterocycles. The van der Waals surface area contributed by atoms with E-state index in [-0.39, 0.29) is 5.41 Å². The maximum atomic E-state index is 12.3. The molecule has 0 radical (unpaired) electrons. The fourth-order valence-corrected chi connectivity index (χ4v) is 2.67. The number of benzene rings is 1. The topological polar surface area (TPSA) is 37.4 Å². The van der Waals surface area contributed by atoms with Crippen molar-refractivity contribution in [1.29, 1.82) is 0 Å². The van der Waals surface area contributed by atoms with Crippen molar-refractivity contribution in [2.45, 2.75) is 39.0 Å². The molecule has 0 aliphatic rings. The quantitative estimate of drug-likeness (QED) is 0.842. The highest BCUT2D eigenvalue weighted by atomic mass is 32.2. The predicted octanol–water partition coefficient (Wildman–Crippen LogP) is 3.05. The first-order valence-electron chi connectivity index (χ1n) is 6.16. The summed E-state index contributed by atoms with van der Waals surface area (Å²) in [6.07, 6.45) is 0.842. The second kappa shape index (κ2) is 5.41. The highest BCUT2D eigenvalue weighted by molar-refractivity contribution is 7.89. The molecule has 0 unspecified atom stereocenters. The normalized spacial score (nSPS) is 13.0. The fraction of sp³-hybridized carbons (Fsp3) is 0.571. The molecule has 0 heterocycles. The van der Waals surface area contributed by atoms with E-state index < -0.39 is 10.0 Å². The average molecular weight is 269 g/mol. The van der Waals surface area contributed by atoms with Crippen LogP contribution in [0.2, 0.25) is 0 Å². The third-order valence-electron chi connectivity index (χ3n) is 2.91. The molecule has 0 bridgehead atoms. The van der Waals surface area contributed by atoms with Crippen LogP contribution >= 0.6 is 0 Å². The standard InChI is InChI=1S/C14H23NO2S/c1-12-6-8-13(9-7-12)18(16,17)15(5)11-10-14(2,3)4/h6-9H,10-11H2,1-5H3. The van der Waals surface area contributed by atoms with Gasteiger partial charge in [0.05, 0.1) is 4.90 Å². The Morgan fingerprint density at radius 1 is 1.11 bits per heavy atom. The molecular weight excluding hydrogens is 246 g/mol. The molecule has 102 valence electrons. The number of rotatable bonds is 4. The molecule has 0 spiro atoms. The Balaban J connectivity index is 2.83. The molecule has 0 aliphatic heterocycles. The minimum Gasteiger partial charge on any atom is -0.207 e. The van der Waals surface area contributed by atoms with Crippen molar-refractivity contribution in [3.8, 4) is 0 Å². The van der Waals surface area contributed by atoms with Crippen molar-refractivity contribution in [1.82, 2.24) is 4.31 Å². The van der Waals surface area contributed by atoms with Gasteiger partial charge in [0, 0.05) is 13.6 Å². The molecule has 4 heteroatoms. The molecule has 0 amide bonds. The van der Waals surface area contributed by atoms with Gasteiger partial charge in [0.2, 0.25) is 10.0 Å². The zero-order chi connectivity index (χ0) is 14.0. The van der Waals surface area contributed by atoms with Gasteiger partial charge >= 0.3 is 0 Å². The highest BCUT2D eigenvalue weighted by Crippen LogP contribution is 2.21. The lowest BCUT2D eigenvalue weighted by atomic mass is 9.92. The van der Waals surface area contributed by atoms with E-state index in [2.05, 4.69) is 20.8 Å². The Morgan fingerprint density at radius 3 is 2.06 bits per heavy atom. The molecule has 3 nitrogen and oxygen atoms in total. The lowest BCUT2D eigenvalue weighted by molar-refractivity contribution is 0.331. The van der Waals surface area contributed by atoms with Gasteiger partial charge in [0.1, 0.15) is 0 Å². The first kappa shape index (κ1) is 15.2. The van der Waals surface area contributed by atoms with E-state index in [1.54, 1.807) is 19.2 Å². The highest BCUT2D eigenvalue weighted by Gasteiger charge is 2.22. The SMILES string of the molecule is Cc1ccc(S(=O)(=O)N(C)CCC(C)(C)C)cc1. The van der Waals surface area contributed by atoms with E-state index in [1.807, 2.05) is 19.1 Å². The van der Waals surface area contributed by atoms with Gasteiger partial charge in [-0.1, -0.05) is 38.5 Å². The number of nitrogens with zero attached hydrogens (tertiary/aromatic N) is 1. The van der Waals surface area contributed by atoms with Crippen molar-refractivity contribution in [2.75, 3.05) is 13.6 Å². The molecule has 0 aromatic heterocycles. The van der Waals surface area contributed by atoms with Crippen molar-refractivity contribution < 1.29 is 8.42 Å². The van der Waals surface area contributed by atoms with Gasteiger partial charge in [-0.3, -0.25) is 0 Å². The van der Waals surface area contributed by atoms with Crippen LogP contribution < -0.4 is 0 Å². The Bertz CT molecular complexity index is 484. The lowest BCUT2D eigenvalue weighted by Crippen LogP contribution is -2.30. The van der Waals surface area contributed by atoms with E-state index in [4.69, 9.17) is 0 Å². The van der Waals surface area contributed by atoms with Crippen LogP contribution in [-0.4, -0.2) is 26.3 Å². The van der Waals surface area contributed by atoms with Crippen molar-refractivity contribution in [2.24, 2.45) is 5.41 Å². The summed E-state index contributed by atoms with van der Waals surface area (Å²) in [5, 5.41) is 0. The second-order valence-electron chi connectivity index (χ2n) is 5.95. The number of sulfonamides is 1. The minimum atomic E-state index is -3.34. The lowest BCUT2D eigenvalue weighted by Gasteiger charge is -2.23. The van der Waals surface area contributed by atoms with Crippen LogP contribution in [0.25, 0.3) is 0 Å². The Hall–Kier alpha value is -0.870. The zero-order valence-corrected chi connectivity index (χ0v) is 12.7. The summed E-state index contributed by atoms with van der Waals surface area (Å²) in [7, 11) is -1.71. The summed E-state index contributed by atoms with van der Waals surface area (Å²) in [5.74, 6) is 0. The summed E-state index contributed by atoms with van der Waals surface area (Å²) in [6, 6.07) is 6.98. The van der Waals surface area contributed by atoms with Crippen LogP contribution in [0, 0.1) is 12.3 Å². The van der Waals surface area contributed by atoms with E-state index in [1.165, 1.54) is 4.31 Å². The van der Waals surface area contributed by atoms with Crippen LogP contribution in [0.1, 0.15) is 32.8 Å². The first-order valence-corrected chi connectivity index (χ1v) is 7.60. The number of hydrogen-bond donors (Lipinski definition) is 0. The monoisotopic (exact) mass is 269 g/mol. The number of aryl methyl sites for hydroxylation is 1. The van der Waals surface area contributed by atoms with Gasteiger partial charge in [-0.2, -0.15) is 0 Å². The van der Waals surface area contributed by atoms with Gasteiger partial charge in [0.15, 0.2) is 0 Å². The van der Waals surface area contributed by atoms with Crippen LogP contribution in [0.5, 0.6) is 0 Å². The molecule has 0 aliphatic carbocycles. The zero-order valence-electron chi connectivity index (χ0n) is 11.9. The van der Waals surface area contributed by atoms with Crippen LogP contribution in [0.4, 0.5) is 0 Å². The van der Waals surface area contributed by atoms with Crippen molar-refractivity contribution in [3.63, 3.8) is 0 Å². The van der Waals surface area contributed by atoms with Crippen LogP contribution in [0.3, 0.4) is 0 Å². The largest absolute Gasteiger partial charge is 0.242 e. The maximum absolute atomic E-state index is 12.3. The molecule has 0 saturated carbocycles. The Morgan fingerprint density at radius 2 is 1.61 bits per heavy atom. The molecule has 18 heavy (non-hydrogen) atoms. The van der Waals surface area contributed by atoms with Crippen LogP contribution in [-0.2, 0) is 10.0 Å². The van der Waals surface area contributed by atoms with Crippen LogP contribution in [0.15, 0.2) is 29.2 Å². The number of hydrogen-bond acceptors (Lipinski definition) is 2. The summed E-state index contributed by atoms with van der Waals surface area (Å²) >= 11 is 0. The summed E-state index contributed by atoms with van der Waals surface area (Å²) in [5.41, 5.74) is 1.20. The van der Waals surface area contributed by atoms with Gasteiger partial charge in [-0.05, 0) is 30.9 Å². The fourth-order valence-electron chi connectivity index (χ4n) is 1.50. The molecule has 1 rings (SSSR count). The third-order valence-corrected chi connectivity index (χ3v) is 4.78. The van der Waals surface area contributed by atoms with Gasteiger partial charge in [-0.15, -0.1) is 0 Å². The molecular formula is C14H23NO2S. The van der Waals surface area contributed by atoms with E-state index in [9.17, 15) is 8.42 Å². The molecule has 0 N–H and O–H groups in total. The Labute approximate surface area is 111 Å².